The zero-order valence-corrected chi connectivity index (χ0v) is 19.0. The number of hydrogen-bond acceptors (Lipinski definition) is 3. The Morgan fingerprint density at radius 1 is 1.03 bits per heavy atom. The van der Waals surface area contributed by atoms with Crippen LogP contribution in [-0.2, 0) is 18.4 Å². The molecule has 0 saturated carbocycles. The molecular formula is C24H23ClN4O3. The maximum atomic E-state index is 13.5. The van der Waals surface area contributed by atoms with E-state index in [1.165, 1.54) is 4.57 Å². The maximum Gasteiger partial charge on any atom is 0.336 e. The van der Waals surface area contributed by atoms with Crippen molar-refractivity contribution in [3.8, 4) is 5.69 Å². The smallest absolute Gasteiger partial charge is 0.336 e. The van der Waals surface area contributed by atoms with Crippen LogP contribution in [0.3, 0.4) is 0 Å². The second-order valence-corrected chi connectivity index (χ2v) is 8.37. The van der Waals surface area contributed by atoms with E-state index in [4.69, 9.17) is 11.6 Å². The molecule has 0 aliphatic carbocycles. The SMILES string of the molecule is Cc1cccc(-n2c(=O)c3c(cc(C)n3C)n(CC(=O)Nc3cc(Cl)ccc3C)c2=O)c1. The van der Waals surface area contributed by atoms with Gasteiger partial charge in [0, 0.05) is 23.5 Å². The number of amides is 1. The number of aromatic nitrogens is 3. The molecule has 32 heavy (non-hydrogen) atoms. The average molecular weight is 451 g/mol. The van der Waals surface area contributed by atoms with Crippen LogP contribution in [-0.4, -0.2) is 19.6 Å². The van der Waals surface area contributed by atoms with Gasteiger partial charge < -0.3 is 9.88 Å². The van der Waals surface area contributed by atoms with Crippen molar-refractivity contribution in [2.75, 3.05) is 5.32 Å². The second-order valence-electron chi connectivity index (χ2n) is 7.93. The molecule has 0 aliphatic heterocycles. The van der Waals surface area contributed by atoms with Crippen molar-refractivity contribution in [2.24, 2.45) is 7.05 Å². The van der Waals surface area contributed by atoms with E-state index in [0.717, 1.165) is 21.4 Å². The Kier molecular flexibility index (Phi) is 5.52. The summed E-state index contributed by atoms with van der Waals surface area (Å²) in [5.41, 5.74) is 3.38. The fourth-order valence-electron chi connectivity index (χ4n) is 3.80. The van der Waals surface area contributed by atoms with Crippen molar-refractivity contribution < 1.29 is 4.79 Å². The largest absolute Gasteiger partial charge is 0.342 e. The summed E-state index contributed by atoms with van der Waals surface area (Å²) in [7, 11) is 1.77. The molecule has 0 bridgehead atoms. The van der Waals surface area contributed by atoms with Gasteiger partial charge in [0.05, 0.1) is 11.2 Å². The predicted octanol–water partition coefficient (Wildman–Crippen LogP) is 3.71. The van der Waals surface area contributed by atoms with Gasteiger partial charge in [-0.15, -0.1) is 0 Å². The van der Waals surface area contributed by atoms with Crippen molar-refractivity contribution in [3.63, 3.8) is 0 Å². The van der Waals surface area contributed by atoms with Crippen molar-refractivity contribution in [3.05, 3.63) is 91.2 Å². The number of fused-ring (bicyclic) bond motifs is 1. The molecular weight excluding hydrogens is 428 g/mol. The third-order valence-corrected chi connectivity index (χ3v) is 5.84. The topological polar surface area (TPSA) is 78.0 Å². The van der Waals surface area contributed by atoms with Gasteiger partial charge in [-0.2, -0.15) is 0 Å². The highest BCUT2D eigenvalue weighted by Gasteiger charge is 2.20. The molecule has 1 amide bonds. The number of nitrogens with zero attached hydrogens (tertiary/aromatic N) is 3. The van der Waals surface area contributed by atoms with Gasteiger partial charge >= 0.3 is 5.69 Å². The molecule has 0 unspecified atom stereocenters. The van der Waals surface area contributed by atoms with Crippen molar-refractivity contribution in [1.82, 2.24) is 13.7 Å². The van der Waals surface area contributed by atoms with Crippen LogP contribution >= 0.6 is 11.6 Å². The van der Waals surface area contributed by atoms with E-state index in [2.05, 4.69) is 5.32 Å². The molecule has 4 rings (SSSR count). The fraction of sp³-hybridized carbons (Fsp3) is 0.208. The third-order valence-electron chi connectivity index (χ3n) is 5.61. The van der Waals surface area contributed by atoms with Gasteiger partial charge in [0.15, 0.2) is 0 Å². The summed E-state index contributed by atoms with van der Waals surface area (Å²) in [6.45, 7) is 5.34. The lowest BCUT2D eigenvalue weighted by atomic mass is 10.2. The zero-order chi connectivity index (χ0) is 23.2. The second kappa shape index (κ2) is 8.16. The average Bonchev–Trinajstić information content (AvgIpc) is 3.03. The van der Waals surface area contributed by atoms with E-state index in [1.54, 1.807) is 54.1 Å². The number of carbonyl (C=O) groups excluding carboxylic acids is 1. The Bertz CT molecular complexity index is 1490. The first-order chi connectivity index (χ1) is 15.2. The first-order valence-corrected chi connectivity index (χ1v) is 10.5. The van der Waals surface area contributed by atoms with Crippen LogP contribution in [0.5, 0.6) is 0 Å². The molecule has 0 aliphatic rings. The summed E-state index contributed by atoms with van der Waals surface area (Å²) in [4.78, 5) is 39.7. The molecule has 0 fully saturated rings. The quantitative estimate of drug-likeness (QED) is 0.515. The van der Waals surface area contributed by atoms with E-state index in [1.807, 2.05) is 26.8 Å². The van der Waals surface area contributed by atoms with Gasteiger partial charge in [-0.05, 0) is 62.2 Å². The third kappa shape index (κ3) is 3.76. The normalized spacial score (nSPS) is 11.2. The van der Waals surface area contributed by atoms with Gasteiger partial charge in [0.1, 0.15) is 12.1 Å². The van der Waals surface area contributed by atoms with E-state index >= 15 is 0 Å². The van der Waals surface area contributed by atoms with Gasteiger partial charge in [-0.1, -0.05) is 29.8 Å². The molecule has 2 aromatic carbocycles. The van der Waals surface area contributed by atoms with Crippen LogP contribution in [0.2, 0.25) is 5.02 Å². The Labute approximate surface area is 189 Å². The first-order valence-electron chi connectivity index (χ1n) is 10.1. The van der Waals surface area contributed by atoms with Crippen molar-refractivity contribution >= 4 is 34.2 Å². The molecule has 2 aromatic heterocycles. The highest BCUT2D eigenvalue weighted by atomic mass is 35.5. The van der Waals surface area contributed by atoms with E-state index < -0.39 is 17.2 Å². The number of hydrogen-bond donors (Lipinski definition) is 1. The van der Waals surface area contributed by atoms with Crippen LogP contribution in [0.15, 0.2) is 58.1 Å². The first kappa shape index (κ1) is 21.6. The number of benzene rings is 2. The highest BCUT2D eigenvalue weighted by molar-refractivity contribution is 6.31. The Morgan fingerprint density at radius 2 is 1.78 bits per heavy atom. The lowest BCUT2D eigenvalue weighted by Crippen LogP contribution is -2.41. The number of halogens is 1. The molecule has 0 saturated heterocycles. The molecule has 2 heterocycles. The van der Waals surface area contributed by atoms with Crippen LogP contribution in [0, 0.1) is 20.8 Å². The summed E-state index contributed by atoms with van der Waals surface area (Å²) in [5.74, 6) is -0.394. The number of anilines is 1. The van der Waals surface area contributed by atoms with E-state index in [0.29, 0.717) is 27.4 Å². The molecule has 1 N–H and O–H groups in total. The van der Waals surface area contributed by atoms with Gasteiger partial charge in [0.2, 0.25) is 5.91 Å². The van der Waals surface area contributed by atoms with Gasteiger partial charge in [-0.3, -0.25) is 14.2 Å². The minimum Gasteiger partial charge on any atom is -0.342 e. The summed E-state index contributed by atoms with van der Waals surface area (Å²) in [6, 6.07) is 14.1. The van der Waals surface area contributed by atoms with Crippen LogP contribution in [0.25, 0.3) is 16.7 Å². The Morgan fingerprint density at radius 3 is 2.50 bits per heavy atom. The zero-order valence-electron chi connectivity index (χ0n) is 18.3. The summed E-state index contributed by atoms with van der Waals surface area (Å²) < 4.78 is 4.19. The molecule has 0 atom stereocenters. The summed E-state index contributed by atoms with van der Waals surface area (Å²) in [6.07, 6.45) is 0. The minimum absolute atomic E-state index is 0.253. The number of rotatable bonds is 4. The molecule has 0 spiro atoms. The van der Waals surface area contributed by atoms with E-state index in [-0.39, 0.29) is 6.54 Å². The fourth-order valence-corrected chi connectivity index (χ4v) is 3.97. The van der Waals surface area contributed by atoms with E-state index in [9.17, 15) is 14.4 Å². The van der Waals surface area contributed by atoms with Gasteiger partial charge in [0.25, 0.3) is 5.56 Å². The number of carbonyl (C=O) groups is 1. The number of nitrogens with one attached hydrogen (secondary N) is 1. The predicted molar refractivity (Wildman–Crippen MR) is 127 cm³/mol. The van der Waals surface area contributed by atoms with Crippen LogP contribution < -0.4 is 16.6 Å². The molecule has 164 valence electrons. The molecule has 0 radical (unpaired) electrons. The Balaban J connectivity index is 1.88. The summed E-state index contributed by atoms with van der Waals surface area (Å²) in [5, 5.41) is 3.32. The van der Waals surface area contributed by atoms with Crippen molar-refractivity contribution in [2.45, 2.75) is 27.3 Å². The standard InChI is InChI=1S/C24H23ClN4O3/c1-14-6-5-7-18(10-14)29-23(31)22-20(11-16(3)27(22)4)28(24(29)32)13-21(30)26-19-12-17(25)9-8-15(19)2/h5-12H,13H2,1-4H3,(H,26,30). The lowest BCUT2D eigenvalue weighted by Gasteiger charge is -2.14. The monoisotopic (exact) mass is 450 g/mol. The van der Waals surface area contributed by atoms with Crippen LogP contribution in [0.1, 0.15) is 16.8 Å². The minimum atomic E-state index is -0.573. The highest BCUT2D eigenvalue weighted by Crippen LogP contribution is 2.20. The number of aryl methyl sites for hydroxylation is 4. The summed E-state index contributed by atoms with van der Waals surface area (Å²) >= 11 is 6.06. The lowest BCUT2D eigenvalue weighted by molar-refractivity contribution is -0.116. The molecule has 4 aromatic rings. The maximum absolute atomic E-state index is 13.5. The Hall–Kier alpha value is -3.58. The van der Waals surface area contributed by atoms with Crippen molar-refractivity contribution in [1.29, 1.82) is 0 Å². The molecule has 8 heteroatoms. The molecule has 7 nitrogen and oxygen atoms in total. The van der Waals surface area contributed by atoms with Crippen LogP contribution in [0.4, 0.5) is 5.69 Å². The van der Waals surface area contributed by atoms with Gasteiger partial charge in [-0.25, -0.2) is 9.36 Å².